The molecule has 1 heterocycles. The van der Waals surface area contributed by atoms with E-state index in [1.54, 1.807) is 0 Å². The van der Waals surface area contributed by atoms with Gasteiger partial charge in [0.1, 0.15) is 0 Å². The van der Waals surface area contributed by atoms with Gasteiger partial charge in [-0.3, -0.25) is 9.69 Å². The van der Waals surface area contributed by atoms with Crippen molar-refractivity contribution in [2.75, 3.05) is 20.1 Å². The lowest BCUT2D eigenvalue weighted by molar-refractivity contribution is -0.161. The summed E-state index contributed by atoms with van der Waals surface area (Å²) < 4.78 is 0. The van der Waals surface area contributed by atoms with E-state index in [1.807, 2.05) is 0 Å². The summed E-state index contributed by atoms with van der Waals surface area (Å²) in [7, 11) is 2.20. The molecule has 2 unspecified atom stereocenters. The van der Waals surface area contributed by atoms with Gasteiger partial charge in [-0.05, 0) is 77.2 Å². The van der Waals surface area contributed by atoms with E-state index in [-0.39, 0.29) is 5.41 Å². The minimum atomic E-state index is 0.0457. The van der Waals surface area contributed by atoms with Crippen LogP contribution in [0, 0.1) is 23.2 Å². The molecule has 118 valence electrons. The number of piperazine rings is 1. The maximum atomic E-state index is 13.4. The quantitative estimate of drug-likeness (QED) is 0.741. The normalized spacial score (nSPS) is 49.7. The highest BCUT2D eigenvalue weighted by Gasteiger charge is 2.56. The van der Waals surface area contributed by atoms with Gasteiger partial charge in [0.25, 0.3) is 0 Å². The second-order valence-electron chi connectivity index (χ2n) is 8.77. The maximum absolute atomic E-state index is 13.4. The van der Waals surface area contributed by atoms with Crippen LogP contribution in [-0.4, -0.2) is 47.9 Å². The standard InChI is InChI=1S/C18H30N2O/c1-12-10-20(11-13(2)19(12)3)17(21)18-7-14-4-15(8-18)6-16(5-14)9-18/h12-16H,4-11H2,1-3H3. The fourth-order valence-electron chi connectivity index (χ4n) is 6.28. The average Bonchev–Trinajstić information content (AvgIpc) is 2.42. The van der Waals surface area contributed by atoms with Crippen LogP contribution in [0.5, 0.6) is 0 Å². The lowest BCUT2D eigenvalue weighted by atomic mass is 9.49. The van der Waals surface area contributed by atoms with Gasteiger partial charge >= 0.3 is 0 Å². The number of likely N-dealkylation sites (N-methyl/N-ethyl adjacent to an activating group) is 1. The number of carbonyl (C=O) groups is 1. The summed E-state index contributed by atoms with van der Waals surface area (Å²) in [6.07, 6.45) is 7.86. The molecule has 5 rings (SSSR count). The van der Waals surface area contributed by atoms with Crippen molar-refractivity contribution in [3.8, 4) is 0 Å². The van der Waals surface area contributed by atoms with Gasteiger partial charge in [0.2, 0.25) is 5.91 Å². The molecule has 0 radical (unpaired) electrons. The molecule has 1 saturated heterocycles. The molecule has 0 aromatic heterocycles. The molecule has 0 spiro atoms. The minimum absolute atomic E-state index is 0.0457. The summed E-state index contributed by atoms with van der Waals surface area (Å²) in [5.74, 6) is 3.11. The van der Waals surface area contributed by atoms with Gasteiger partial charge in [0, 0.05) is 25.2 Å². The lowest BCUT2D eigenvalue weighted by Gasteiger charge is -2.57. The smallest absolute Gasteiger partial charge is 0.228 e. The average molecular weight is 290 g/mol. The number of hydrogen-bond donors (Lipinski definition) is 0. The Bertz CT molecular complexity index is 399. The van der Waals surface area contributed by atoms with Crippen molar-refractivity contribution in [2.45, 2.75) is 64.5 Å². The summed E-state index contributed by atoms with van der Waals surface area (Å²) >= 11 is 0. The molecular formula is C18H30N2O. The zero-order valence-corrected chi connectivity index (χ0v) is 13.8. The zero-order chi connectivity index (χ0) is 14.8. The van der Waals surface area contributed by atoms with Crippen LogP contribution >= 0.6 is 0 Å². The first-order chi connectivity index (χ1) is 9.97. The molecule has 21 heavy (non-hydrogen) atoms. The number of carbonyl (C=O) groups excluding carboxylic acids is 1. The van der Waals surface area contributed by atoms with E-state index in [1.165, 1.54) is 38.5 Å². The van der Waals surface area contributed by atoms with E-state index in [4.69, 9.17) is 0 Å². The molecule has 4 aliphatic carbocycles. The minimum Gasteiger partial charge on any atom is -0.339 e. The molecule has 2 atom stereocenters. The Labute approximate surface area is 129 Å². The van der Waals surface area contributed by atoms with E-state index < -0.39 is 0 Å². The monoisotopic (exact) mass is 290 g/mol. The Morgan fingerprint density at radius 3 is 1.76 bits per heavy atom. The van der Waals surface area contributed by atoms with E-state index >= 15 is 0 Å². The third-order valence-electron chi connectivity index (χ3n) is 7.14. The summed E-state index contributed by atoms with van der Waals surface area (Å²) in [5.41, 5.74) is 0.0457. The Morgan fingerprint density at radius 2 is 1.33 bits per heavy atom. The van der Waals surface area contributed by atoms with Crippen LogP contribution in [0.2, 0.25) is 0 Å². The zero-order valence-electron chi connectivity index (χ0n) is 13.8. The Kier molecular flexibility index (Phi) is 3.15. The molecular weight excluding hydrogens is 260 g/mol. The second-order valence-corrected chi connectivity index (χ2v) is 8.77. The molecule has 0 aromatic carbocycles. The molecule has 5 aliphatic rings. The molecule has 3 nitrogen and oxygen atoms in total. The first kappa shape index (κ1) is 14.0. The first-order valence-electron chi connectivity index (χ1n) is 8.98. The largest absolute Gasteiger partial charge is 0.339 e. The van der Waals surface area contributed by atoms with E-state index in [0.717, 1.165) is 30.8 Å². The van der Waals surface area contributed by atoms with Crippen molar-refractivity contribution >= 4 is 5.91 Å². The van der Waals surface area contributed by atoms with Crippen LogP contribution in [0.3, 0.4) is 0 Å². The van der Waals surface area contributed by atoms with Gasteiger partial charge in [-0.25, -0.2) is 0 Å². The highest BCUT2D eigenvalue weighted by atomic mass is 16.2. The Hall–Kier alpha value is -0.570. The Morgan fingerprint density at radius 1 is 0.905 bits per heavy atom. The number of hydrogen-bond acceptors (Lipinski definition) is 2. The summed E-state index contributed by atoms with van der Waals surface area (Å²) in [6, 6.07) is 0.984. The highest BCUT2D eigenvalue weighted by molar-refractivity contribution is 5.83. The van der Waals surface area contributed by atoms with Crippen LogP contribution in [0.4, 0.5) is 0 Å². The molecule has 3 heteroatoms. The van der Waals surface area contributed by atoms with Crippen molar-refractivity contribution in [3.05, 3.63) is 0 Å². The van der Waals surface area contributed by atoms with E-state index in [2.05, 4.69) is 30.7 Å². The molecule has 0 aromatic rings. The number of rotatable bonds is 1. The van der Waals surface area contributed by atoms with E-state index in [0.29, 0.717) is 18.0 Å². The van der Waals surface area contributed by atoms with Gasteiger partial charge < -0.3 is 4.90 Å². The lowest BCUT2D eigenvalue weighted by Crippen LogP contribution is -2.61. The first-order valence-corrected chi connectivity index (χ1v) is 8.98. The van der Waals surface area contributed by atoms with Crippen LogP contribution in [0.15, 0.2) is 0 Å². The van der Waals surface area contributed by atoms with Crippen molar-refractivity contribution in [3.63, 3.8) is 0 Å². The molecule has 4 saturated carbocycles. The summed E-state index contributed by atoms with van der Waals surface area (Å²) in [5, 5.41) is 0. The SMILES string of the molecule is CC1CN(C(=O)C23CC4CC(CC(C4)C2)C3)CC(C)N1C. The van der Waals surface area contributed by atoms with E-state index in [9.17, 15) is 4.79 Å². The van der Waals surface area contributed by atoms with Crippen molar-refractivity contribution in [1.29, 1.82) is 0 Å². The van der Waals surface area contributed by atoms with Gasteiger partial charge in [0.05, 0.1) is 5.41 Å². The number of amides is 1. The molecule has 5 fully saturated rings. The second kappa shape index (κ2) is 4.71. The predicted molar refractivity (Wildman–Crippen MR) is 83.9 cm³/mol. The van der Waals surface area contributed by atoms with Gasteiger partial charge in [-0.15, -0.1) is 0 Å². The van der Waals surface area contributed by atoms with Gasteiger partial charge in [-0.1, -0.05) is 0 Å². The van der Waals surface area contributed by atoms with Gasteiger partial charge in [0.15, 0.2) is 0 Å². The third kappa shape index (κ3) is 2.15. The fourth-order valence-corrected chi connectivity index (χ4v) is 6.28. The van der Waals surface area contributed by atoms with Crippen LogP contribution in [0.25, 0.3) is 0 Å². The van der Waals surface area contributed by atoms with Crippen molar-refractivity contribution in [1.82, 2.24) is 9.80 Å². The maximum Gasteiger partial charge on any atom is 0.228 e. The van der Waals surface area contributed by atoms with Gasteiger partial charge in [-0.2, -0.15) is 0 Å². The Balaban J connectivity index is 1.55. The topological polar surface area (TPSA) is 23.6 Å². The third-order valence-corrected chi connectivity index (χ3v) is 7.14. The molecule has 1 amide bonds. The van der Waals surface area contributed by atoms with Crippen LogP contribution in [-0.2, 0) is 4.79 Å². The van der Waals surface area contributed by atoms with Crippen molar-refractivity contribution in [2.24, 2.45) is 23.2 Å². The molecule has 1 aliphatic heterocycles. The molecule has 4 bridgehead atoms. The highest BCUT2D eigenvalue weighted by Crippen LogP contribution is 2.60. The summed E-state index contributed by atoms with van der Waals surface area (Å²) in [4.78, 5) is 18.0. The van der Waals surface area contributed by atoms with Crippen LogP contribution < -0.4 is 0 Å². The predicted octanol–water partition coefficient (Wildman–Crippen LogP) is 2.75. The van der Waals surface area contributed by atoms with Crippen LogP contribution in [0.1, 0.15) is 52.4 Å². The summed E-state index contributed by atoms with van der Waals surface area (Å²) in [6.45, 7) is 6.38. The fraction of sp³-hybridized carbons (Fsp3) is 0.944. The van der Waals surface area contributed by atoms with Crippen molar-refractivity contribution < 1.29 is 4.79 Å². The number of nitrogens with zero attached hydrogens (tertiary/aromatic N) is 2. The molecule has 0 N–H and O–H groups in total.